The molecule has 208 valence electrons. The van der Waals surface area contributed by atoms with Gasteiger partial charge in [0.05, 0.1) is 12.4 Å². The van der Waals surface area contributed by atoms with E-state index >= 15 is 0 Å². The molecule has 1 aromatic heterocycles. The van der Waals surface area contributed by atoms with Gasteiger partial charge in [-0.3, -0.25) is 4.98 Å². The fourth-order valence-corrected chi connectivity index (χ4v) is 6.90. The predicted molar refractivity (Wildman–Crippen MR) is 159 cm³/mol. The van der Waals surface area contributed by atoms with Crippen LogP contribution in [0.3, 0.4) is 0 Å². The number of hydrogen-bond acceptors (Lipinski definition) is 4. The Labute approximate surface area is 231 Å². The van der Waals surface area contributed by atoms with E-state index in [2.05, 4.69) is 67.6 Å². The molecule has 0 saturated carbocycles. The molecule has 2 aliphatic rings. The van der Waals surface area contributed by atoms with Gasteiger partial charge in [-0.25, -0.2) is 0 Å². The fraction of sp³-hybridized carbons (Fsp3) is 0.606. The smallest absolute Gasteiger partial charge is 0.250 e. The highest BCUT2D eigenvalue weighted by molar-refractivity contribution is 6.74. The van der Waals surface area contributed by atoms with Gasteiger partial charge in [0.15, 0.2) is 0 Å². The molecule has 0 aliphatic heterocycles. The number of fused-ring (bicyclic) bond motifs is 1. The number of aliphatic hydroxyl groups excluding tert-OH is 2. The molecule has 4 rings (SSSR count). The lowest BCUT2D eigenvalue weighted by molar-refractivity contribution is 0.214. The largest absolute Gasteiger partial charge is 0.546 e. The lowest BCUT2D eigenvalue weighted by Crippen LogP contribution is -2.41. The first-order valence-electron chi connectivity index (χ1n) is 14.5. The maximum atomic E-state index is 12.0. The van der Waals surface area contributed by atoms with E-state index < -0.39 is 14.4 Å². The van der Waals surface area contributed by atoms with Gasteiger partial charge in [0.1, 0.15) is 6.10 Å². The highest BCUT2D eigenvalue weighted by Gasteiger charge is 2.43. The third kappa shape index (κ3) is 5.66. The van der Waals surface area contributed by atoms with E-state index in [9.17, 15) is 10.2 Å². The normalized spacial score (nSPS) is 20.3. The summed E-state index contributed by atoms with van der Waals surface area (Å²) >= 11 is 0. The van der Waals surface area contributed by atoms with Crippen LogP contribution in [0.5, 0.6) is 0 Å². The van der Waals surface area contributed by atoms with Crippen LogP contribution in [0, 0.1) is 5.41 Å². The Hall–Kier alpha value is -1.95. The zero-order chi connectivity index (χ0) is 28.0. The molecule has 2 aliphatic carbocycles. The van der Waals surface area contributed by atoms with Crippen molar-refractivity contribution in [1.82, 2.24) is 4.98 Å². The molecule has 2 N–H and O–H groups in total. The third-order valence-electron chi connectivity index (χ3n) is 9.16. The Morgan fingerprint density at radius 2 is 1.79 bits per heavy atom. The van der Waals surface area contributed by atoms with Crippen molar-refractivity contribution in [3.8, 4) is 0 Å². The number of hydrogen-bond donors (Lipinski definition) is 2. The Bertz CT molecular complexity index is 1190. The minimum Gasteiger partial charge on any atom is -0.546 e. The van der Waals surface area contributed by atoms with Crippen LogP contribution in [0.2, 0.25) is 18.1 Å². The summed E-state index contributed by atoms with van der Waals surface area (Å²) in [5.74, 6) is 1.43. The first kappa shape index (κ1) is 29.0. The molecular weight excluding hydrogens is 486 g/mol. The summed E-state index contributed by atoms with van der Waals surface area (Å²) in [6.45, 7) is 20.6. The number of rotatable bonds is 7. The molecule has 5 heteroatoms. The molecule has 4 nitrogen and oxygen atoms in total. The van der Waals surface area contributed by atoms with Crippen LogP contribution in [0.15, 0.2) is 36.1 Å². The van der Waals surface area contributed by atoms with Crippen molar-refractivity contribution < 1.29 is 14.6 Å². The summed E-state index contributed by atoms with van der Waals surface area (Å²) in [7, 11) is -2.03. The van der Waals surface area contributed by atoms with Crippen LogP contribution in [-0.4, -0.2) is 23.5 Å². The minimum absolute atomic E-state index is 0.00389. The predicted octanol–water partition coefficient (Wildman–Crippen LogP) is 8.08. The summed E-state index contributed by atoms with van der Waals surface area (Å²) in [6.07, 6.45) is 6.59. The maximum Gasteiger partial charge on any atom is 0.250 e. The standard InChI is InChI=1S/C33H49NO3Si/c1-21(2)30-29(31(36)23-15-13-22(20-35)14-16-23)28(24-17-18-33(6,7)19-26(24)34-30)25-11-10-12-27(25)37-38(8,9)32(3,4)5/h12-16,21,25,31,35-36H,10-11,17-20H2,1-9H3/t25-,31-/m1/s1. The molecule has 2 atom stereocenters. The van der Waals surface area contributed by atoms with Crippen LogP contribution >= 0.6 is 0 Å². The van der Waals surface area contributed by atoms with Crippen LogP contribution in [0.25, 0.3) is 0 Å². The third-order valence-corrected chi connectivity index (χ3v) is 13.5. The molecular formula is C33H49NO3Si. The van der Waals surface area contributed by atoms with Gasteiger partial charge >= 0.3 is 0 Å². The maximum absolute atomic E-state index is 12.0. The molecule has 0 spiro atoms. The molecule has 0 amide bonds. The molecule has 0 saturated heterocycles. The van der Waals surface area contributed by atoms with Crippen LogP contribution in [0.4, 0.5) is 0 Å². The van der Waals surface area contributed by atoms with Crippen molar-refractivity contribution in [2.75, 3.05) is 0 Å². The lowest BCUT2D eigenvalue weighted by Gasteiger charge is -2.40. The first-order valence-corrected chi connectivity index (χ1v) is 17.4. The summed E-state index contributed by atoms with van der Waals surface area (Å²) in [5.41, 5.74) is 7.72. The van der Waals surface area contributed by atoms with Gasteiger partial charge < -0.3 is 14.6 Å². The number of aromatic nitrogens is 1. The highest BCUT2D eigenvalue weighted by Crippen LogP contribution is 2.49. The molecule has 0 bridgehead atoms. The van der Waals surface area contributed by atoms with E-state index in [1.165, 1.54) is 16.8 Å². The van der Waals surface area contributed by atoms with Gasteiger partial charge in [0, 0.05) is 22.9 Å². The van der Waals surface area contributed by atoms with Gasteiger partial charge in [-0.15, -0.1) is 0 Å². The average Bonchev–Trinajstić information content (AvgIpc) is 3.28. The van der Waals surface area contributed by atoms with Gasteiger partial charge in [-0.1, -0.05) is 72.7 Å². The number of allylic oxidation sites excluding steroid dienone is 2. The van der Waals surface area contributed by atoms with Crippen molar-refractivity contribution in [2.45, 2.75) is 123 Å². The van der Waals surface area contributed by atoms with Crippen molar-refractivity contribution in [2.24, 2.45) is 5.41 Å². The average molecular weight is 536 g/mol. The second kappa shape index (κ2) is 10.6. The van der Waals surface area contributed by atoms with E-state index in [0.717, 1.165) is 60.2 Å². The molecule has 1 heterocycles. The minimum atomic E-state index is -2.03. The van der Waals surface area contributed by atoms with Crippen LogP contribution in [-0.2, 0) is 23.9 Å². The SMILES string of the molecule is CC(C)c1nc2c(c([C@@H]3CCC=C3O[Si](C)(C)C(C)(C)C)c1[C@H](O)c1ccc(CO)cc1)CCC(C)(C)C2. The molecule has 0 unspecified atom stereocenters. The van der Waals surface area contributed by atoms with Crippen LogP contribution < -0.4 is 0 Å². The second-order valence-electron chi connectivity index (χ2n) is 14.1. The van der Waals surface area contributed by atoms with E-state index in [4.69, 9.17) is 9.41 Å². The van der Waals surface area contributed by atoms with E-state index in [1.807, 2.05) is 24.3 Å². The van der Waals surface area contributed by atoms with Crippen molar-refractivity contribution >= 4 is 8.32 Å². The monoisotopic (exact) mass is 535 g/mol. The van der Waals surface area contributed by atoms with E-state index in [0.29, 0.717) is 0 Å². The van der Waals surface area contributed by atoms with Gasteiger partial charge in [0.25, 0.3) is 0 Å². The fourth-order valence-electron chi connectivity index (χ4n) is 5.78. The Morgan fingerprint density at radius 3 is 2.37 bits per heavy atom. The van der Waals surface area contributed by atoms with Gasteiger partial charge in [-0.05, 0) is 89.9 Å². The first-order chi connectivity index (χ1) is 17.6. The molecule has 1 aromatic carbocycles. The molecule has 0 radical (unpaired) electrons. The highest BCUT2D eigenvalue weighted by atomic mass is 28.4. The van der Waals surface area contributed by atoms with Gasteiger partial charge in [0.2, 0.25) is 8.32 Å². The Morgan fingerprint density at radius 1 is 1.13 bits per heavy atom. The summed E-state index contributed by atoms with van der Waals surface area (Å²) in [6, 6.07) is 7.71. The second-order valence-corrected chi connectivity index (χ2v) is 18.9. The Balaban J connectivity index is 1.92. The van der Waals surface area contributed by atoms with Crippen LogP contribution in [0.1, 0.15) is 125 Å². The zero-order valence-electron chi connectivity index (χ0n) is 25.1. The van der Waals surface area contributed by atoms with Crippen molar-refractivity contribution in [3.63, 3.8) is 0 Å². The quantitative estimate of drug-likeness (QED) is 0.352. The van der Waals surface area contributed by atoms with E-state index in [1.54, 1.807) is 0 Å². The van der Waals surface area contributed by atoms with Crippen molar-refractivity contribution in [1.29, 1.82) is 0 Å². The van der Waals surface area contributed by atoms with E-state index in [-0.39, 0.29) is 28.9 Å². The number of pyridine rings is 1. The summed E-state index contributed by atoms with van der Waals surface area (Å²) in [5, 5.41) is 21.7. The topological polar surface area (TPSA) is 62.6 Å². The summed E-state index contributed by atoms with van der Waals surface area (Å²) < 4.78 is 7.00. The number of benzene rings is 1. The molecule has 2 aromatic rings. The number of aliphatic hydroxyl groups is 2. The summed E-state index contributed by atoms with van der Waals surface area (Å²) in [4.78, 5) is 5.31. The molecule has 0 fully saturated rings. The zero-order valence-corrected chi connectivity index (χ0v) is 26.1. The lowest BCUT2D eigenvalue weighted by atomic mass is 9.71. The Kier molecular flexibility index (Phi) is 8.06. The van der Waals surface area contributed by atoms with Crippen molar-refractivity contribution in [3.05, 3.63) is 75.3 Å². The van der Waals surface area contributed by atoms with Gasteiger partial charge in [-0.2, -0.15) is 0 Å². The number of nitrogens with zero attached hydrogens (tertiary/aromatic N) is 1. The molecule has 38 heavy (non-hydrogen) atoms.